The second-order valence-electron chi connectivity index (χ2n) is 4.44. The number of pyridine rings is 1. The van der Waals surface area contributed by atoms with Crippen LogP contribution in [0.3, 0.4) is 0 Å². The van der Waals surface area contributed by atoms with Crippen LogP contribution in [0.4, 0.5) is 5.82 Å². The molecule has 0 fully saturated rings. The van der Waals surface area contributed by atoms with Gasteiger partial charge >= 0.3 is 0 Å². The van der Waals surface area contributed by atoms with Crippen molar-refractivity contribution >= 4 is 21.7 Å². The topological polar surface area (TPSA) is 66.0 Å². The van der Waals surface area contributed by atoms with Gasteiger partial charge < -0.3 is 10.5 Å². The van der Waals surface area contributed by atoms with Gasteiger partial charge in [-0.15, -0.1) is 0 Å². The second kappa shape index (κ2) is 5.57. The van der Waals surface area contributed by atoms with Crippen LogP contribution in [0.1, 0.15) is 0 Å². The van der Waals surface area contributed by atoms with Gasteiger partial charge in [0.2, 0.25) is 0 Å². The summed E-state index contributed by atoms with van der Waals surface area (Å²) >= 11 is 3.50. The quantitative estimate of drug-likeness (QED) is 0.791. The number of anilines is 1. The maximum atomic E-state index is 5.63. The molecule has 0 saturated carbocycles. The molecule has 0 radical (unpaired) electrons. The summed E-state index contributed by atoms with van der Waals surface area (Å²) in [6.45, 7) is 0. The van der Waals surface area contributed by atoms with Gasteiger partial charge in [0, 0.05) is 17.4 Å². The number of nitrogen functional groups attached to an aromatic ring is 1. The molecular weight excluding hydrogens is 332 g/mol. The van der Waals surface area contributed by atoms with E-state index in [9.17, 15) is 0 Å². The summed E-state index contributed by atoms with van der Waals surface area (Å²) in [5.41, 5.74) is 8.50. The van der Waals surface area contributed by atoms with Gasteiger partial charge in [0.15, 0.2) is 0 Å². The van der Waals surface area contributed by atoms with Gasteiger partial charge in [-0.2, -0.15) is 0 Å². The van der Waals surface area contributed by atoms with Gasteiger partial charge in [0.25, 0.3) is 0 Å². The number of rotatable bonds is 3. The molecule has 0 saturated heterocycles. The number of methoxy groups -OCH3 is 1. The van der Waals surface area contributed by atoms with E-state index in [1.807, 2.05) is 28.8 Å². The predicted octanol–water partition coefficient (Wildman–Crippen LogP) is 3.29. The minimum atomic E-state index is 0.497. The smallest absolute Gasteiger partial charge is 0.133 e. The molecule has 0 amide bonds. The molecule has 0 aliphatic rings. The van der Waals surface area contributed by atoms with E-state index in [0.717, 1.165) is 27.2 Å². The molecule has 0 aliphatic carbocycles. The van der Waals surface area contributed by atoms with Crippen LogP contribution in [0.15, 0.2) is 53.5 Å². The fourth-order valence-corrected chi connectivity index (χ4v) is 2.60. The molecule has 3 rings (SSSR count). The molecule has 2 aromatic heterocycles. The van der Waals surface area contributed by atoms with Crippen LogP contribution in [-0.4, -0.2) is 21.6 Å². The Morgan fingerprint density at radius 3 is 2.71 bits per heavy atom. The number of halogens is 1. The number of hydrogen-bond acceptors (Lipinski definition) is 4. The Balaban J connectivity index is 2.06. The Kier molecular flexibility index (Phi) is 3.62. The summed E-state index contributed by atoms with van der Waals surface area (Å²) in [7, 11) is 1.64. The Morgan fingerprint density at radius 2 is 2.05 bits per heavy atom. The van der Waals surface area contributed by atoms with Crippen molar-refractivity contribution in [2.45, 2.75) is 0 Å². The largest absolute Gasteiger partial charge is 0.496 e. The van der Waals surface area contributed by atoms with Crippen molar-refractivity contribution in [2.24, 2.45) is 0 Å². The molecular formula is C15H13BrN4O. The molecule has 0 atom stereocenters. The summed E-state index contributed by atoms with van der Waals surface area (Å²) in [6.07, 6.45) is 5.30. The van der Waals surface area contributed by atoms with Crippen molar-refractivity contribution in [2.75, 3.05) is 12.8 Å². The van der Waals surface area contributed by atoms with E-state index in [4.69, 9.17) is 10.5 Å². The number of hydrogen-bond donors (Lipinski definition) is 1. The molecule has 3 aromatic rings. The van der Waals surface area contributed by atoms with E-state index >= 15 is 0 Å². The fourth-order valence-electron chi connectivity index (χ4n) is 2.08. The highest BCUT2D eigenvalue weighted by atomic mass is 79.9. The average Bonchev–Trinajstić information content (AvgIpc) is 2.97. The zero-order chi connectivity index (χ0) is 14.8. The lowest BCUT2D eigenvalue weighted by atomic mass is 10.2. The van der Waals surface area contributed by atoms with Gasteiger partial charge in [-0.1, -0.05) is 0 Å². The highest BCUT2D eigenvalue weighted by Crippen LogP contribution is 2.29. The van der Waals surface area contributed by atoms with E-state index in [2.05, 4.69) is 25.9 Å². The predicted molar refractivity (Wildman–Crippen MR) is 85.5 cm³/mol. The first-order chi connectivity index (χ1) is 10.2. The van der Waals surface area contributed by atoms with E-state index in [0.29, 0.717) is 5.82 Å². The Labute approximate surface area is 130 Å². The van der Waals surface area contributed by atoms with Crippen molar-refractivity contribution < 1.29 is 4.74 Å². The van der Waals surface area contributed by atoms with E-state index in [1.54, 1.807) is 31.9 Å². The number of nitrogens with two attached hydrogens (primary N) is 1. The molecule has 106 valence electrons. The Bertz CT molecular complexity index is 768. The van der Waals surface area contributed by atoms with Crippen LogP contribution in [0.2, 0.25) is 0 Å². The number of benzene rings is 1. The summed E-state index contributed by atoms with van der Waals surface area (Å²) in [6, 6.07) is 9.56. The van der Waals surface area contributed by atoms with Crippen molar-refractivity contribution in [3.8, 4) is 22.7 Å². The summed E-state index contributed by atoms with van der Waals surface area (Å²) in [4.78, 5) is 8.35. The lowest BCUT2D eigenvalue weighted by Gasteiger charge is -2.10. The van der Waals surface area contributed by atoms with Crippen LogP contribution < -0.4 is 10.5 Å². The standard InChI is InChI=1S/C15H13BrN4O/c1-21-14-4-3-11(6-12(14)16)20-9-18-8-13(20)10-2-5-15(17)19-7-10/h2-9H,1H3,(H2,17,19). The zero-order valence-corrected chi connectivity index (χ0v) is 12.9. The number of ether oxygens (including phenoxy) is 1. The maximum Gasteiger partial charge on any atom is 0.133 e. The number of aromatic nitrogens is 3. The van der Waals surface area contributed by atoms with Crippen molar-refractivity contribution in [3.63, 3.8) is 0 Å². The minimum Gasteiger partial charge on any atom is -0.496 e. The monoisotopic (exact) mass is 344 g/mol. The van der Waals surface area contributed by atoms with Crippen LogP contribution in [0.25, 0.3) is 16.9 Å². The first-order valence-electron chi connectivity index (χ1n) is 6.27. The van der Waals surface area contributed by atoms with Gasteiger partial charge in [0.05, 0.1) is 29.8 Å². The third-order valence-electron chi connectivity index (χ3n) is 3.13. The van der Waals surface area contributed by atoms with Gasteiger partial charge in [0.1, 0.15) is 11.6 Å². The molecule has 0 aliphatic heterocycles. The van der Waals surface area contributed by atoms with Crippen LogP contribution in [0, 0.1) is 0 Å². The van der Waals surface area contributed by atoms with E-state index < -0.39 is 0 Å². The van der Waals surface area contributed by atoms with Gasteiger partial charge in [-0.05, 0) is 46.3 Å². The molecule has 0 spiro atoms. The van der Waals surface area contributed by atoms with Crippen LogP contribution in [0.5, 0.6) is 5.75 Å². The molecule has 2 heterocycles. The molecule has 5 nitrogen and oxygen atoms in total. The first-order valence-corrected chi connectivity index (χ1v) is 7.06. The van der Waals surface area contributed by atoms with E-state index in [-0.39, 0.29) is 0 Å². The molecule has 0 bridgehead atoms. The van der Waals surface area contributed by atoms with Crippen molar-refractivity contribution in [3.05, 3.63) is 53.5 Å². The lowest BCUT2D eigenvalue weighted by Crippen LogP contribution is -1.97. The SMILES string of the molecule is COc1ccc(-n2cncc2-c2ccc(N)nc2)cc1Br. The maximum absolute atomic E-state index is 5.63. The Hall–Kier alpha value is -2.34. The summed E-state index contributed by atoms with van der Waals surface area (Å²) < 4.78 is 8.12. The van der Waals surface area contributed by atoms with Gasteiger partial charge in [-0.3, -0.25) is 4.57 Å². The first kappa shape index (κ1) is 13.6. The highest BCUT2D eigenvalue weighted by Gasteiger charge is 2.09. The number of nitrogens with zero attached hydrogens (tertiary/aromatic N) is 3. The van der Waals surface area contributed by atoms with Crippen LogP contribution >= 0.6 is 15.9 Å². The zero-order valence-electron chi connectivity index (χ0n) is 11.3. The molecule has 0 unspecified atom stereocenters. The minimum absolute atomic E-state index is 0.497. The molecule has 21 heavy (non-hydrogen) atoms. The molecule has 6 heteroatoms. The second-order valence-corrected chi connectivity index (χ2v) is 5.29. The van der Waals surface area contributed by atoms with Crippen LogP contribution in [-0.2, 0) is 0 Å². The van der Waals surface area contributed by atoms with E-state index in [1.165, 1.54) is 0 Å². The average molecular weight is 345 g/mol. The summed E-state index contributed by atoms with van der Waals surface area (Å²) in [5, 5.41) is 0. The fraction of sp³-hybridized carbons (Fsp3) is 0.0667. The van der Waals surface area contributed by atoms with Crippen molar-refractivity contribution in [1.82, 2.24) is 14.5 Å². The highest BCUT2D eigenvalue weighted by molar-refractivity contribution is 9.10. The lowest BCUT2D eigenvalue weighted by molar-refractivity contribution is 0.412. The Morgan fingerprint density at radius 1 is 1.19 bits per heavy atom. The van der Waals surface area contributed by atoms with Gasteiger partial charge in [-0.25, -0.2) is 9.97 Å². The summed E-state index contributed by atoms with van der Waals surface area (Å²) in [5.74, 6) is 1.28. The number of imidazole rings is 1. The third-order valence-corrected chi connectivity index (χ3v) is 3.75. The van der Waals surface area contributed by atoms with Crippen molar-refractivity contribution in [1.29, 1.82) is 0 Å². The molecule has 2 N–H and O–H groups in total. The molecule has 1 aromatic carbocycles. The normalized spacial score (nSPS) is 10.6. The third kappa shape index (κ3) is 2.62.